The molecule has 1 heterocycles. The maximum Gasteiger partial charge on any atom is 0.226 e. The van der Waals surface area contributed by atoms with Gasteiger partial charge in [-0.05, 0) is 18.4 Å². The highest BCUT2D eigenvalue weighted by atomic mass is 16.3. The number of aliphatic hydroxyl groups is 1. The molecule has 2 N–H and O–H groups in total. The fraction of sp³-hybridized carbons (Fsp3) is 0.579. The smallest absolute Gasteiger partial charge is 0.226 e. The lowest BCUT2D eigenvalue weighted by Gasteiger charge is -2.56. The average Bonchev–Trinajstić information content (AvgIpc) is 2.53. The van der Waals surface area contributed by atoms with Gasteiger partial charge in [-0.2, -0.15) is 0 Å². The number of hydrogen-bond donors (Lipinski definition) is 2. The zero-order chi connectivity index (χ0) is 17.1. The summed E-state index contributed by atoms with van der Waals surface area (Å²) in [6.07, 6.45) is 3.42. The van der Waals surface area contributed by atoms with E-state index in [0.717, 1.165) is 24.8 Å². The highest BCUT2D eigenvalue weighted by Crippen LogP contribution is 2.43. The standard InChI is InChI=1S/C19H26N2O3/c1-2-17(23)20-11-15-18(13-7-4-3-5-8-13)16(12-22)21(15)19(24)14-9-6-10-14/h3-5,7-8,14-16,18,22H,2,6,9-12H2,1H3,(H,20,23)/t15-,16-,18-/m0/s1. The van der Waals surface area contributed by atoms with E-state index in [1.807, 2.05) is 42.2 Å². The predicted octanol–water partition coefficient (Wildman–Crippen LogP) is 1.67. The first-order valence-electron chi connectivity index (χ1n) is 8.92. The molecule has 5 heteroatoms. The average molecular weight is 330 g/mol. The second-order valence-corrected chi connectivity index (χ2v) is 6.78. The third kappa shape index (κ3) is 3.05. The van der Waals surface area contributed by atoms with Crippen LogP contribution in [0.2, 0.25) is 0 Å². The van der Waals surface area contributed by atoms with E-state index in [1.165, 1.54) is 0 Å². The lowest BCUT2D eigenvalue weighted by atomic mass is 9.72. The minimum absolute atomic E-state index is 0.00898. The van der Waals surface area contributed by atoms with Crippen LogP contribution in [0.15, 0.2) is 30.3 Å². The molecule has 1 saturated heterocycles. The van der Waals surface area contributed by atoms with Crippen molar-refractivity contribution in [3.63, 3.8) is 0 Å². The number of rotatable bonds is 6. The minimum atomic E-state index is -0.191. The molecule has 0 unspecified atom stereocenters. The van der Waals surface area contributed by atoms with E-state index in [9.17, 15) is 14.7 Å². The van der Waals surface area contributed by atoms with Gasteiger partial charge >= 0.3 is 0 Å². The molecule has 1 saturated carbocycles. The van der Waals surface area contributed by atoms with Gasteiger partial charge in [-0.1, -0.05) is 43.7 Å². The highest BCUT2D eigenvalue weighted by molar-refractivity contribution is 5.82. The van der Waals surface area contributed by atoms with E-state index >= 15 is 0 Å². The van der Waals surface area contributed by atoms with Crippen LogP contribution in [0.4, 0.5) is 0 Å². The Morgan fingerprint density at radius 3 is 2.46 bits per heavy atom. The lowest BCUT2D eigenvalue weighted by molar-refractivity contribution is -0.158. The van der Waals surface area contributed by atoms with E-state index in [4.69, 9.17) is 0 Å². The Morgan fingerprint density at radius 1 is 1.21 bits per heavy atom. The van der Waals surface area contributed by atoms with Gasteiger partial charge in [0.15, 0.2) is 0 Å². The molecular weight excluding hydrogens is 304 g/mol. The van der Waals surface area contributed by atoms with E-state index in [1.54, 1.807) is 0 Å². The maximum absolute atomic E-state index is 12.8. The summed E-state index contributed by atoms with van der Waals surface area (Å²) in [5.74, 6) is 0.297. The van der Waals surface area contributed by atoms with Crippen molar-refractivity contribution in [1.82, 2.24) is 10.2 Å². The summed E-state index contributed by atoms with van der Waals surface area (Å²) in [6, 6.07) is 9.71. The van der Waals surface area contributed by atoms with Gasteiger partial charge in [-0.3, -0.25) is 9.59 Å². The predicted molar refractivity (Wildman–Crippen MR) is 91.3 cm³/mol. The van der Waals surface area contributed by atoms with Crippen molar-refractivity contribution in [3.8, 4) is 0 Å². The molecule has 1 aliphatic heterocycles. The van der Waals surface area contributed by atoms with Crippen molar-refractivity contribution >= 4 is 11.8 Å². The number of hydrogen-bond acceptors (Lipinski definition) is 3. The Labute approximate surface area is 143 Å². The quantitative estimate of drug-likeness (QED) is 0.833. The SMILES string of the molecule is CCC(=O)NC[C@H]1[C@H](c2ccccc2)[C@H](CO)N1C(=O)C1CCC1. The van der Waals surface area contributed by atoms with Crippen LogP contribution in [0.3, 0.4) is 0 Å². The summed E-state index contributed by atoms with van der Waals surface area (Å²) in [4.78, 5) is 26.3. The number of benzene rings is 1. The molecule has 0 spiro atoms. The summed E-state index contributed by atoms with van der Waals surface area (Å²) in [7, 11) is 0. The van der Waals surface area contributed by atoms with Crippen molar-refractivity contribution in [3.05, 3.63) is 35.9 Å². The van der Waals surface area contributed by atoms with Crippen molar-refractivity contribution in [2.24, 2.45) is 5.92 Å². The van der Waals surface area contributed by atoms with Crippen LogP contribution < -0.4 is 5.32 Å². The molecule has 5 nitrogen and oxygen atoms in total. The van der Waals surface area contributed by atoms with Crippen molar-refractivity contribution in [2.75, 3.05) is 13.2 Å². The molecule has 2 amide bonds. The van der Waals surface area contributed by atoms with E-state index in [-0.39, 0.29) is 42.3 Å². The van der Waals surface area contributed by atoms with Crippen LogP contribution in [0, 0.1) is 5.92 Å². The molecule has 2 aliphatic rings. The van der Waals surface area contributed by atoms with E-state index in [0.29, 0.717) is 13.0 Å². The number of aliphatic hydroxyl groups excluding tert-OH is 1. The molecular formula is C19H26N2O3. The summed E-state index contributed by atoms with van der Waals surface area (Å²) < 4.78 is 0. The molecule has 0 radical (unpaired) electrons. The van der Waals surface area contributed by atoms with Gasteiger partial charge in [-0.15, -0.1) is 0 Å². The first-order chi connectivity index (χ1) is 11.7. The minimum Gasteiger partial charge on any atom is -0.394 e. The van der Waals surface area contributed by atoms with E-state index in [2.05, 4.69) is 5.32 Å². The van der Waals surface area contributed by atoms with E-state index < -0.39 is 0 Å². The molecule has 0 bridgehead atoms. The summed E-state index contributed by atoms with van der Waals surface area (Å²) in [5, 5.41) is 12.8. The normalized spacial score (nSPS) is 26.4. The van der Waals surface area contributed by atoms with Crippen LogP contribution in [-0.2, 0) is 9.59 Å². The molecule has 2 fully saturated rings. The Morgan fingerprint density at radius 2 is 1.92 bits per heavy atom. The van der Waals surface area contributed by atoms with Gasteiger partial charge in [0, 0.05) is 24.8 Å². The molecule has 130 valence electrons. The van der Waals surface area contributed by atoms with Crippen LogP contribution in [0.25, 0.3) is 0 Å². The molecule has 24 heavy (non-hydrogen) atoms. The number of nitrogens with one attached hydrogen (secondary N) is 1. The van der Waals surface area contributed by atoms with Crippen LogP contribution in [0.1, 0.15) is 44.1 Å². The Bertz CT molecular complexity index is 586. The topological polar surface area (TPSA) is 69.6 Å². The summed E-state index contributed by atoms with van der Waals surface area (Å²) in [6.45, 7) is 2.22. The molecule has 1 aliphatic carbocycles. The van der Waals surface area contributed by atoms with Crippen LogP contribution in [-0.4, -0.2) is 47.1 Å². The first-order valence-corrected chi connectivity index (χ1v) is 8.92. The zero-order valence-electron chi connectivity index (χ0n) is 14.1. The highest BCUT2D eigenvalue weighted by Gasteiger charge is 2.52. The van der Waals surface area contributed by atoms with Gasteiger partial charge in [0.2, 0.25) is 11.8 Å². The Balaban J connectivity index is 1.80. The number of nitrogens with zero attached hydrogens (tertiary/aromatic N) is 1. The third-order valence-electron chi connectivity index (χ3n) is 5.45. The lowest BCUT2D eigenvalue weighted by Crippen LogP contribution is -2.69. The zero-order valence-corrected chi connectivity index (χ0v) is 14.1. The number of carbonyl (C=O) groups excluding carboxylic acids is 2. The molecule has 1 aromatic carbocycles. The fourth-order valence-electron chi connectivity index (χ4n) is 3.83. The van der Waals surface area contributed by atoms with Crippen molar-refractivity contribution < 1.29 is 14.7 Å². The monoisotopic (exact) mass is 330 g/mol. The molecule has 1 aromatic rings. The summed E-state index contributed by atoms with van der Waals surface area (Å²) >= 11 is 0. The number of carbonyl (C=O) groups is 2. The van der Waals surface area contributed by atoms with Crippen LogP contribution in [0.5, 0.6) is 0 Å². The molecule has 3 atom stereocenters. The fourth-order valence-corrected chi connectivity index (χ4v) is 3.83. The maximum atomic E-state index is 12.8. The van der Waals surface area contributed by atoms with Crippen LogP contribution >= 0.6 is 0 Å². The number of amides is 2. The second kappa shape index (κ2) is 7.34. The van der Waals surface area contributed by atoms with Gasteiger partial charge in [0.25, 0.3) is 0 Å². The summed E-state index contributed by atoms with van der Waals surface area (Å²) in [5.41, 5.74) is 1.12. The largest absolute Gasteiger partial charge is 0.394 e. The Hall–Kier alpha value is -1.88. The van der Waals surface area contributed by atoms with Gasteiger partial charge in [0.1, 0.15) is 0 Å². The van der Waals surface area contributed by atoms with Gasteiger partial charge in [0.05, 0.1) is 18.7 Å². The first kappa shape index (κ1) is 17.0. The van der Waals surface area contributed by atoms with Gasteiger partial charge < -0.3 is 15.3 Å². The van der Waals surface area contributed by atoms with Crippen molar-refractivity contribution in [1.29, 1.82) is 0 Å². The van der Waals surface area contributed by atoms with Gasteiger partial charge in [-0.25, -0.2) is 0 Å². The third-order valence-corrected chi connectivity index (χ3v) is 5.45. The molecule has 0 aromatic heterocycles. The second-order valence-electron chi connectivity index (χ2n) is 6.78. The van der Waals surface area contributed by atoms with Crippen molar-refractivity contribution in [2.45, 2.75) is 50.6 Å². The number of likely N-dealkylation sites (tertiary alicyclic amines) is 1. The Kier molecular flexibility index (Phi) is 5.19. The molecule has 3 rings (SSSR count).